The van der Waals surface area contributed by atoms with Crippen LogP contribution in [0.25, 0.3) is 0 Å². The fourth-order valence-corrected chi connectivity index (χ4v) is 1.77. The van der Waals surface area contributed by atoms with Crippen LogP contribution in [0.1, 0.15) is 12.5 Å². The van der Waals surface area contributed by atoms with Crippen molar-refractivity contribution >= 4 is 0 Å². The van der Waals surface area contributed by atoms with Crippen LogP contribution in [-0.4, -0.2) is 24.0 Å². The number of phenols is 1. The van der Waals surface area contributed by atoms with Crippen LogP contribution in [0.5, 0.6) is 5.75 Å². The zero-order valence-electron chi connectivity index (χ0n) is 9.73. The van der Waals surface area contributed by atoms with Crippen molar-refractivity contribution in [1.82, 2.24) is 5.32 Å². The lowest BCUT2D eigenvalue weighted by Gasteiger charge is -2.38. The standard InChI is InChI=1S/C11H11F6NO/c1-2-18-9(10(12,13)14,11(15,16)17)7-3-5-8(19)6-4-7/h3-6,18-19H,2H2,1H3. The van der Waals surface area contributed by atoms with E-state index < -0.39 is 35.7 Å². The van der Waals surface area contributed by atoms with Gasteiger partial charge in [0, 0.05) is 0 Å². The number of rotatable bonds is 3. The van der Waals surface area contributed by atoms with Gasteiger partial charge in [0.2, 0.25) is 5.54 Å². The fraction of sp³-hybridized carbons (Fsp3) is 0.455. The monoisotopic (exact) mass is 287 g/mol. The predicted molar refractivity (Wildman–Crippen MR) is 55.6 cm³/mol. The SMILES string of the molecule is CCNC(c1ccc(O)cc1)(C(F)(F)F)C(F)(F)F. The first-order chi connectivity index (χ1) is 8.56. The van der Waals surface area contributed by atoms with Crippen LogP contribution in [-0.2, 0) is 5.54 Å². The largest absolute Gasteiger partial charge is 0.508 e. The van der Waals surface area contributed by atoms with E-state index in [1.807, 2.05) is 0 Å². The molecular formula is C11H11F6NO. The molecule has 0 spiro atoms. The summed E-state index contributed by atoms with van der Waals surface area (Å²) in [5, 5.41) is 10.5. The first kappa shape index (κ1) is 15.6. The maximum Gasteiger partial charge on any atom is 0.419 e. The molecule has 0 radical (unpaired) electrons. The van der Waals surface area contributed by atoms with Gasteiger partial charge in [0.05, 0.1) is 0 Å². The molecule has 2 nitrogen and oxygen atoms in total. The van der Waals surface area contributed by atoms with Gasteiger partial charge in [-0.15, -0.1) is 0 Å². The molecule has 0 aliphatic carbocycles. The molecule has 19 heavy (non-hydrogen) atoms. The number of hydrogen-bond donors (Lipinski definition) is 2. The van der Waals surface area contributed by atoms with E-state index in [0.29, 0.717) is 12.1 Å². The predicted octanol–water partition coefficient (Wildman–Crippen LogP) is 3.32. The summed E-state index contributed by atoms with van der Waals surface area (Å²) in [6.45, 7) is 0.618. The van der Waals surface area contributed by atoms with Crippen LogP contribution in [0.4, 0.5) is 26.3 Å². The fourth-order valence-electron chi connectivity index (χ4n) is 1.77. The zero-order chi connectivity index (χ0) is 14.9. The lowest BCUT2D eigenvalue weighted by atomic mass is 9.88. The molecule has 0 saturated carbocycles. The number of benzene rings is 1. The highest BCUT2D eigenvalue weighted by Gasteiger charge is 2.71. The molecule has 0 saturated heterocycles. The van der Waals surface area contributed by atoms with Crippen molar-refractivity contribution in [3.63, 3.8) is 0 Å². The van der Waals surface area contributed by atoms with Crippen molar-refractivity contribution in [2.24, 2.45) is 0 Å². The minimum absolute atomic E-state index is 0.418. The van der Waals surface area contributed by atoms with Gasteiger partial charge < -0.3 is 5.11 Å². The van der Waals surface area contributed by atoms with Crippen molar-refractivity contribution < 1.29 is 31.4 Å². The van der Waals surface area contributed by atoms with Crippen LogP contribution in [0.2, 0.25) is 0 Å². The van der Waals surface area contributed by atoms with E-state index in [2.05, 4.69) is 0 Å². The summed E-state index contributed by atoms with van der Waals surface area (Å²) in [7, 11) is 0. The summed E-state index contributed by atoms with van der Waals surface area (Å²) in [5.74, 6) is -0.418. The first-order valence-corrected chi connectivity index (χ1v) is 5.24. The lowest BCUT2D eigenvalue weighted by Crippen LogP contribution is -2.63. The Morgan fingerprint density at radius 1 is 0.947 bits per heavy atom. The summed E-state index contributed by atoms with van der Waals surface area (Å²) in [4.78, 5) is 0. The Balaban J connectivity index is 3.52. The Hall–Kier alpha value is -1.44. The second-order valence-electron chi connectivity index (χ2n) is 3.82. The van der Waals surface area contributed by atoms with Crippen molar-refractivity contribution in [1.29, 1.82) is 0 Å². The van der Waals surface area contributed by atoms with E-state index in [4.69, 9.17) is 5.11 Å². The van der Waals surface area contributed by atoms with Gasteiger partial charge in [-0.05, 0) is 24.2 Å². The molecule has 1 aromatic carbocycles. The molecule has 0 bridgehead atoms. The highest BCUT2D eigenvalue weighted by molar-refractivity contribution is 5.34. The highest BCUT2D eigenvalue weighted by Crippen LogP contribution is 2.50. The third-order valence-corrected chi connectivity index (χ3v) is 2.59. The maximum absolute atomic E-state index is 13.0. The topological polar surface area (TPSA) is 32.3 Å². The van der Waals surface area contributed by atoms with Crippen molar-refractivity contribution in [3.05, 3.63) is 29.8 Å². The van der Waals surface area contributed by atoms with E-state index in [-0.39, 0.29) is 0 Å². The minimum Gasteiger partial charge on any atom is -0.508 e. The van der Waals surface area contributed by atoms with Crippen LogP contribution in [0, 0.1) is 0 Å². The van der Waals surface area contributed by atoms with Crippen LogP contribution in [0.15, 0.2) is 24.3 Å². The molecule has 0 aliphatic heterocycles. The van der Waals surface area contributed by atoms with Crippen LogP contribution >= 0.6 is 0 Å². The Labute approximate surface area is 105 Å². The van der Waals surface area contributed by atoms with Crippen LogP contribution < -0.4 is 5.32 Å². The van der Waals surface area contributed by atoms with Crippen molar-refractivity contribution in [2.75, 3.05) is 6.54 Å². The molecule has 0 atom stereocenters. The van der Waals surface area contributed by atoms with E-state index >= 15 is 0 Å². The lowest BCUT2D eigenvalue weighted by molar-refractivity contribution is -0.313. The number of alkyl halides is 6. The number of nitrogens with one attached hydrogen (secondary N) is 1. The summed E-state index contributed by atoms with van der Waals surface area (Å²) >= 11 is 0. The number of hydrogen-bond acceptors (Lipinski definition) is 2. The Bertz CT molecular complexity index is 408. The van der Waals surface area contributed by atoms with Gasteiger partial charge in [-0.3, -0.25) is 5.32 Å². The molecule has 1 rings (SSSR count). The molecular weight excluding hydrogens is 276 g/mol. The Morgan fingerprint density at radius 3 is 1.68 bits per heavy atom. The molecule has 2 N–H and O–H groups in total. The minimum atomic E-state index is -5.57. The summed E-state index contributed by atoms with van der Waals surface area (Å²) < 4.78 is 78.0. The third-order valence-electron chi connectivity index (χ3n) is 2.59. The summed E-state index contributed by atoms with van der Waals surface area (Å²) in [6, 6.07) is 2.75. The molecule has 1 aromatic rings. The normalized spacial score (nSPS) is 13.6. The summed E-state index contributed by atoms with van der Waals surface area (Å²) in [5.41, 5.74) is -5.17. The highest BCUT2D eigenvalue weighted by atomic mass is 19.4. The van der Waals surface area contributed by atoms with E-state index in [1.54, 1.807) is 0 Å². The average Bonchev–Trinajstić information content (AvgIpc) is 2.24. The Kier molecular flexibility index (Phi) is 4.04. The van der Waals surface area contributed by atoms with Gasteiger partial charge in [-0.25, -0.2) is 0 Å². The molecule has 0 amide bonds. The number of aromatic hydroxyl groups is 1. The zero-order valence-corrected chi connectivity index (χ0v) is 9.73. The van der Waals surface area contributed by atoms with E-state index in [0.717, 1.165) is 19.1 Å². The van der Waals surface area contributed by atoms with Gasteiger partial charge in [0.1, 0.15) is 5.75 Å². The number of phenolic OH excluding ortho intramolecular Hbond substituents is 1. The second-order valence-corrected chi connectivity index (χ2v) is 3.82. The average molecular weight is 287 g/mol. The van der Waals surface area contributed by atoms with Crippen molar-refractivity contribution in [3.8, 4) is 5.75 Å². The maximum atomic E-state index is 13.0. The Morgan fingerprint density at radius 2 is 1.37 bits per heavy atom. The smallest absolute Gasteiger partial charge is 0.419 e. The third kappa shape index (κ3) is 2.63. The van der Waals surface area contributed by atoms with E-state index in [1.165, 1.54) is 5.32 Å². The van der Waals surface area contributed by atoms with Gasteiger partial charge in [0.25, 0.3) is 0 Å². The van der Waals surface area contributed by atoms with Crippen LogP contribution in [0.3, 0.4) is 0 Å². The van der Waals surface area contributed by atoms with Gasteiger partial charge in [-0.2, -0.15) is 26.3 Å². The molecule has 0 heterocycles. The second kappa shape index (κ2) is 4.92. The van der Waals surface area contributed by atoms with Crippen molar-refractivity contribution in [2.45, 2.75) is 24.8 Å². The van der Waals surface area contributed by atoms with Gasteiger partial charge in [-0.1, -0.05) is 19.1 Å². The molecule has 0 aromatic heterocycles. The van der Waals surface area contributed by atoms with Gasteiger partial charge in [0.15, 0.2) is 0 Å². The molecule has 0 fully saturated rings. The molecule has 108 valence electrons. The summed E-state index contributed by atoms with van der Waals surface area (Å²) in [6.07, 6.45) is -11.1. The molecule has 0 unspecified atom stereocenters. The molecule has 0 aliphatic rings. The van der Waals surface area contributed by atoms with E-state index in [9.17, 15) is 26.3 Å². The molecule has 8 heteroatoms. The van der Waals surface area contributed by atoms with Gasteiger partial charge >= 0.3 is 12.4 Å². The number of halogens is 6. The quantitative estimate of drug-likeness (QED) is 0.836. The first-order valence-electron chi connectivity index (χ1n) is 5.24.